The number of nitrogens with zero attached hydrogens (tertiary/aromatic N) is 1. The molecule has 1 amide bonds. The fraction of sp³-hybridized carbons (Fsp3) is 0.462. The van der Waals surface area contributed by atoms with Crippen molar-refractivity contribution in [3.8, 4) is 0 Å². The summed E-state index contributed by atoms with van der Waals surface area (Å²) in [6.07, 6.45) is 1.60. The van der Waals surface area contributed by atoms with Crippen molar-refractivity contribution < 1.29 is 9.21 Å². The molecule has 94 valence electrons. The minimum atomic E-state index is 0.00417. The average Bonchev–Trinajstić information content (AvgIpc) is 2.77. The van der Waals surface area contributed by atoms with E-state index in [2.05, 4.69) is 11.9 Å². The van der Waals surface area contributed by atoms with Crippen LogP contribution >= 0.6 is 0 Å². The maximum Gasteiger partial charge on any atom is 0.234 e. The van der Waals surface area contributed by atoms with Crippen molar-refractivity contribution >= 4 is 5.91 Å². The molecule has 0 spiro atoms. The first-order chi connectivity index (χ1) is 8.11. The summed E-state index contributed by atoms with van der Waals surface area (Å²) >= 11 is 0. The highest BCUT2D eigenvalue weighted by molar-refractivity contribution is 5.77. The Balaban J connectivity index is 2.30. The summed E-state index contributed by atoms with van der Waals surface area (Å²) < 4.78 is 5.14. The maximum absolute atomic E-state index is 11.7. The van der Waals surface area contributed by atoms with Crippen molar-refractivity contribution in [3.63, 3.8) is 0 Å². The fourth-order valence-electron chi connectivity index (χ4n) is 1.52. The van der Waals surface area contributed by atoms with Gasteiger partial charge >= 0.3 is 0 Å². The van der Waals surface area contributed by atoms with Gasteiger partial charge in [0.25, 0.3) is 0 Å². The van der Waals surface area contributed by atoms with Crippen LogP contribution in [0.3, 0.4) is 0 Å². The molecule has 1 aromatic rings. The Morgan fingerprint density at radius 1 is 1.53 bits per heavy atom. The average molecular weight is 236 g/mol. The van der Waals surface area contributed by atoms with E-state index in [-0.39, 0.29) is 5.91 Å². The van der Waals surface area contributed by atoms with E-state index in [9.17, 15) is 4.79 Å². The highest BCUT2D eigenvalue weighted by atomic mass is 16.3. The summed E-state index contributed by atoms with van der Waals surface area (Å²) in [6, 6.07) is 3.65. The Labute approximate surface area is 102 Å². The number of carbonyl (C=O) groups excluding carboxylic acids is 1. The van der Waals surface area contributed by atoms with Crippen molar-refractivity contribution in [1.82, 2.24) is 10.2 Å². The molecule has 0 aliphatic rings. The van der Waals surface area contributed by atoms with Gasteiger partial charge in [-0.25, -0.2) is 0 Å². The number of hydrogen-bond donors (Lipinski definition) is 1. The molecule has 4 heteroatoms. The second-order valence-electron chi connectivity index (χ2n) is 4.12. The van der Waals surface area contributed by atoms with Gasteiger partial charge in [0.2, 0.25) is 5.91 Å². The van der Waals surface area contributed by atoms with E-state index in [4.69, 9.17) is 4.42 Å². The molecule has 0 saturated heterocycles. The van der Waals surface area contributed by atoms with Crippen LogP contribution in [0, 0.1) is 0 Å². The van der Waals surface area contributed by atoms with Crippen LogP contribution in [0.15, 0.2) is 35.0 Å². The van der Waals surface area contributed by atoms with E-state index < -0.39 is 0 Å². The van der Waals surface area contributed by atoms with Gasteiger partial charge in [-0.05, 0) is 25.6 Å². The molecule has 4 nitrogen and oxygen atoms in total. The molecular formula is C13H20N2O2. The third-order valence-corrected chi connectivity index (χ3v) is 2.35. The van der Waals surface area contributed by atoms with Crippen LogP contribution in [-0.4, -0.2) is 30.4 Å². The first kappa shape index (κ1) is 13.5. The molecule has 1 rings (SSSR count). The Bertz CT molecular complexity index is 358. The first-order valence-electron chi connectivity index (χ1n) is 5.77. The maximum atomic E-state index is 11.7. The molecule has 0 aromatic carbocycles. The molecule has 0 unspecified atom stereocenters. The molecule has 0 atom stereocenters. The van der Waals surface area contributed by atoms with Crippen molar-refractivity contribution in [2.75, 3.05) is 19.6 Å². The lowest BCUT2D eigenvalue weighted by Crippen LogP contribution is -2.37. The standard InChI is InChI=1S/C13H20N2O2/c1-4-15(9-11(2)3)10-13(16)14-8-12-6-5-7-17-12/h5-7H,2,4,8-10H2,1,3H3,(H,14,16). The molecule has 0 aliphatic heterocycles. The normalized spacial score (nSPS) is 10.5. The molecule has 1 heterocycles. The molecule has 0 fully saturated rings. The molecule has 1 aromatic heterocycles. The van der Waals surface area contributed by atoms with E-state index >= 15 is 0 Å². The molecule has 1 N–H and O–H groups in total. The van der Waals surface area contributed by atoms with Crippen molar-refractivity contribution in [2.24, 2.45) is 0 Å². The monoisotopic (exact) mass is 236 g/mol. The quantitative estimate of drug-likeness (QED) is 0.734. The topological polar surface area (TPSA) is 45.5 Å². The number of carbonyl (C=O) groups is 1. The lowest BCUT2D eigenvalue weighted by atomic mass is 10.3. The van der Waals surface area contributed by atoms with Crippen LogP contribution < -0.4 is 5.32 Å². The van der Waals surface area contributed by atoms with Gasteiger partial charge in [0.15, 0.2) is 0 Å². The predicted molar refractivity (Wildman–Crippen MR) is 67.5 cm³/mol. The lowest BCUT2D eigenvalue weighted by molar-refractivity contribution is -0.122. The SMILES string of the molecule is C=C(C)CN(CC)CC(=O)NCc1ccco1. The zero-order valence-electron chi connectivity index (χ0n) is 10.5. The van der Waals surface area contributed by atoms with Crippen LogP contribution in [0.25, 0.3) is 0 Å². The zero-order chi connectivity index (χ0) is 12.7. The third-order valence-electron chi connectivity index (χ3n) is 2.35. The van der Waals surface area contributed by atoms with Gasteiger partial charge < -0.3 is 9.73 Å². The van der Waals surface area contributed by atoms with Crippen LogP contribution in [0.2, 0.25) is 0 Å². The minimum Gasteiger partial charge on any atom is -0.467 e. The molecule has 17 heavy (non-hydrogen) atoms. The van der Waals surface area contributed by atoms with Gasteiger partial charge in [-0.2, -0.15) is 0 Å². The summed E-state index contributed by atoms with van der Waals surface area (Å²) in [7, 11) is 0. The van der Waals surface area contributed by atoms with Crippen molar-refractivity contribution in [3.05, 3.63) is 36.3 Å². The largest absolute Gasteiger partial charge is 0.467 e. The van der Waals surface area contributed by atoms with Crippen LogP contribution in [0.1, 0.15) is 19.6 Å². The third kappa shape index (κ3) is 5.36. The Morgan fingerprint density at radius 2 is 2.29 bits per heavy atom. The fourth-order valence-corrected chi connectivity index (χ4v) is 1.52. The van der Waals surface area contributed by atoms with E-state index in [0.717, 1.165) is 24.4 Å². The Kier molecular flexibility index (Phi) is 5.49. The zero-order valence-corrected chi connectivity index (χ0v) is 10.5. The minimum absolute atomic E-state index is 0.00417. The van der Waals surface area contributed by atoms with Gasteiger partial charge in [-0.1, -0.05) is 19.1 Å². The molecular weight excluding hydrogens is 216 g/mol. The lowest BCUT2D eigenvalue weighted by Gasteiger charge is -2.19. The van der Waals surface area contributed by atoms with Crippen molar-refractivity contribution in [2.45, 2.75) is 20.4 Å². The predicted octanol–water partition coefficient (Wildman–Crippen LogP) is 1.79. The highest BCUT2D eigenvalue weighted by Crippen LogP contribution is 1.99. The summed E-state index contributed by atoms with van der Waals surface area (Å²) in [4.78, 5) is 13.7. The Hall–Kier alpha value is -1.55. The molecule has 0 bridgehead atoms. The van der Waals surface area contributed by atoms with Crippen molar-refractivity contribution in [1.29, 1.82) is 0 Å². The van der Waals surface area contributed by atoms with Crippen LogP contribution in [-0.2, 0) is 11.3 Å². The molecule has 0 saturated carbocycles. The van der Waals surface area contributed by atoms with E-state index in [1.807, 2.05) is 24.8 Å². The summed E-state index contributed by atoms with van der Waals surface area (Å²) in [5.74, 6) is 0.769. The van der Waals surface area contributed by atoms with Gasteiger partial charge in [-0.3, -0.25) is 9.69 Å². The summed E-state index contributed by atoms with van der Waals surface area (Å²) in [6.45, 7) is 10.3. The van der Waals surface area contributed by atoms with Gasteiger partial charge in [-0.15, -0.1) is 0 Å². The number of hydrogen-bond acceptors (Lipinski definition) is 3. The van der Waals surface area contributed by atoms with E-state index in [0.29, 0.717) is 13.1 Å². The number of likely N-dealkylation sites (N-methyl/N-ethyl adjacent to an activating group) is 1. The number of rotatable bonds is 7. The van der Waals surface area contributed by atoms with E-state index in [1.165, 1.54) is 0 Å². The number of amides is 1. The smallest absolute Gasteiger partial charge is 0.234 e. The molecule has 0 radical (unpaired) electrons. The van der Waals surface area contributed by atoms with Gasteiger partial charge in [0.05, 0.1) is 19.4 Å². The van der Waals surface area contributed by atoms with Gasteiger partial charge in [0.1, 0.15) is 5.76 Å². The van der Waals surface area contributed by atoms with Crippen LogP contribution in [0.4, 0.5) is 0 Å². The van der Waals surface area contributed by atoms with E-state index in [1.54, 1.807) is 12.3 Å². The second kappa shape index (κ2) is 6.91. The molecule has 0 aliphatic carbocycles. The van der Waals surface area contributed by atoms with Crippen LogP contribution in [0.5, 0.6) is 0 Å². The number of nitrogens with one attached hydrogen (secondary N) is 1. The van der Waals surface area contributed by atoms with Gasteiger partial charge in [0, 0.05) is 6.54 Å². The second-order valence-corrected chi connectivity index (χ2v) is 4.12. The summed E-state index contributed by atoms with van der Waals surface area (Å²) in [5.41, 5.74) is 1.06. The highest BCUT2D eigenvalue weighted by Gasteiger charge is 2.09. The first-order valence-corrected chi connectivity index (χ1v) is 5.77. The number of furan rings is 1. The Morgan fingerprint density at radius 3 is 2.82 bits per heavy atom. The summed E-state index contributed by atoms with van der Waals surface area (Å²) in [5, 5.41) is 2.82.